The number of carbonyl (C=O) groups excluding carboxylic acids is 1. The molecular weight excluding hydrogens is 344 g/mol. The molecule has 120 valence electrons. The van der Waals surface area contributed by atoms with Gasteiger partial charge in [0.15, 0.2) is 12.2 Å². The van der Waals surface area contributed by atoms with Crippen molar-refractivity contribution in [1.82, 2.24) is 0 Å². The number of carbonyl (C=O) groups is 1. The van der Waals surface area contributed by atoms with E-state index in [9.17, 15) is 4.79 Å². The summed E-state index contributed by atoms with van der Waals surface area (Å²) in [6.07, 6.45) is -3.26. The van der Waals surface area contributed by atoms with Crippen LogP contribution in [0.5, 0.6) is 0 Å². The number of fused-ring (bicyclic) bond motifs is 1. The second-order valence-corrected chi connectivity index (χ2v) is 7.79. The molecule has 0 aromatic rings. The maximum absolute atomic E-state index is 11.4. The summed E-state index contributed by atoms with van der Waals surface area (Å²) in [5.74, 6) is 0. The fraction of sp³-hybridized carbons (Fsp3) is 0.833. The fourth-order valence-electron chi connectivity index (χ4n) is 2.72. The zero-order chi connectivity index (χ0) is 16.0. The van der Waals surface area contributed by atoms with Gasteiger partial charge in [-0.1, -0.05) is 34.8 Å². The number of methoxy groups -OCH3 is 1. The van der Waals surface area contributed by atoms with E-state index in [4.69, 9.17) is 59.2 Å². The molecule has 0 saturated carbocycles. The Bertz CT molecular complexity index is 451. The monoisotopic (exact) mass is 359 g/mol. The molecule has 21 heavy (non-hydrogen) atoms. The lowest BCUT2D eigenvalue weighted by Gasteiger charge is -2.45. The minimum Gasteiger partial charge on any atom is -0.424 e. The zero-order valence-electron chi connectivity index (χ0n) is 11.7. The van der Waals surface area contributed by atoms with E-state index in [0.717, 1.165) is 0 Å². The first-order valence-corrected chi connectivity index (χ1v) is 7.42. The van der Waals surface area contributed by atoms with E-state index in [1.54, 1.807) is 13.8 Å². The molecule has 2 fully saturated rings. The second kappa shape index (κ2) is 5.74. The summed E-state index contributed by atoms with van der Waals surface area (Å²) in [4.78, 5) is 11.4. The first-order chi connectivity index (χ1) is 9.56. The molecule has 2 heterocycles. The molecule has 0 aromatic heterocycles. The Labute approximate surface area is 137 Å². The highest BCUT2D eigenvalue weighted by atomic mass is 35.6. The Balaban J connectivity index is 2.22. The van der Waals surface area contributed by atoms with Gasteiger partial charge in [-0.05, 0) is 13.8 Å². The van der Waals surface area contributed by atoms with Crippen LogP contribution in [-0.2, 0) is 18.9 Å². The highest BCUT2D eigenvalue weighted by Gasteiger charge is 2.58. The quantitative estimate of drug-likeness (QED) is 0.476. The smallest absolute Gasteiger partial charge is 0.424 e. The minimum absolute atomic E-state index is 0.00811. The van der Waals surface area contributed by atoms with Gasteiger partial charge in [0.1, 0.15) is 12.2 Å². The van der Waals surface area contributed by atoms with E-state index in [1.807, 2.05) is 0 Å². The SMILES string of the molecule is CO[C@@H]1[C@H]2OC(=O)O[C@H]2C(CC(=N)C(Cl)(Cl)Cl)OC1(C)C. The van der Waals surface area contributed by atoms with Crippen LogP contribution in [0.25, 0.3) is 0 Å². The largest absolute Gasteiger partial charge is 0.509 e. The van der Waals surface area contributed by atoms with Crippen LogP contribution in [0.15, 0.2) is 0 Å². The van der Waals surface area contributed by atoms with Gasteiger partial charge < -0.3 is 24.4 Å². The average molecular weight is 361 g/mol. The van der Waals surface area contributed by atoms with E-state index in [0.29, 0.717) is 0 Å². The molecule has 0 aromatic carbocycles. The lowest BCUT2D eigenvalue weighted by molar-refractivity contribution is -0.233. The van der Waals surface area contributed by atoms with Crippen molar-refractivity contribution in [2.75, 3.05) is 7.11 Å². The number of nitrogens with one attached hydrogen (secondary N) is 1. The number of ether oxygens (including phenoxy) is 4. The summed E-state index contributed by atoms with van der Waals surface area (Å²) in [6, 6.07) is 0. The van der Waals surface area contributed by atoms with E-state index < -0.39 is 40.0 Å². The van der Waals surface area contributed by atoms with Crippen molar-refractivity contribution in [3.05, 3.63) is 0 Å². The lowest BCUT2D eigenvalue weighted by atomic mass is 9.86. The maximum Gasteiger partial charge on any atom is 0.509 e. The third-order valence-electron chi connectivity index (χ3n) is 3.59. The molecule has 4 atom stereocenters. The van der Waals surface area contributed by atoms with Crippen molar-refractivity contribution in [1.29, 1.82) is 5.41 Å². The Hall–Kier alpha value is -0.270. The number of rotatable bonds is 3. The molecular formula is C12H16Cl3NO5. The van der Waals surface area contributed by atoms with Gasteiger partial charge in [0.25, 0.3) is 0 Å². The Morgan fingerprint density at radius 2 is 1.90 bits per heavy atom. The standard InChI is InChI=1S/C12H16Cl3NO5/c1-11(2)9(18-3)8-7(19-10(17)20-8)5(21-11)4-6(16)12(13,14)15/h5,7-9,16H,4H2,1-3H3/t5?,7-,8-,9+/m0/s1. The van der Waals surface area contributed by atoms with Crippen molar-refractivity contribution in [2.45, 2.75) is 54.1 Å². The van der Waals surface area contributed by atoms with Gasteiger partial charge in [0.05, 0.1) is 11.3 Å². The van der Waals surface area contributed by atoms with E-state index in [-0.39, 0.29) is 12.1 Å². The first-order valence-electron chi connectivity index (χ1n) is 6.28. The van der Waals surface area contributed by atoms with Crippen molar-refractivity contribution in [2.24, 2.45) is 0 Å². The van der Waals surface area contributed by atoms with Crippen LogP contribution in [0.1, 0.15) is 20.3 Å². The second-order valence-electron chi connectivity index (χ2n) is 5.51. The van der Waals surface area contributed by atoms with Crippen molar-refractivity contribution in [3.63, 3.8) is 0 Å². The van der Waals surface area contributed by atoms with Crippen molar-refractivity contribution in [3.8, 4) is 0 Å². The molecule has 0 amide bonds. The molecule has 0 spiro atoms. The molecule has 0 aliphatic carbocycles. The van der Waals surface area contributed by atoms with Gasteiger partial charge in [0.2, 0.25) is 3.79 Å². The Morgan fingerprint density at radius 3 is 2.43 bits per heavy atom. The summed E-state index contributed by atoms with van der Waals surface area (Å²) >= 11 is 17.1. The average Bonchev–Trinajstić information content (AvgIpc) is 2.68. The summed E-state index contributed by atoms with van der Waals surface area (Å²) < 4.78 is 19.7. The topological polar surface area (TPSA) is 77.8 Å². The van der Waals surface area contributed by atoms with Gasteiger partial charge in [0, 0.05) is 13.5 Å². The van der Waals surface area contributed by atoms with Crippen LogP contribution in [0.2, 0.25) is 0 Å². The van der Waals surface area contributed by atoms with Crippen LogP contribution in [0.4, 0.5) is 4.79 Å². The van der Waals surface area contributed by atoms with Crippen LogP contribution < -0.4 is 0 Å². The molecule has 9 heteroatoms. The number of hydrogen-bond acceptors (Lipinski definition) is 6. The van der Waals surface area contributed by atoms with E-state index in [2.05, 4.69) is 0 Å². The molecule has 2 rings (SSSR count). The summed E-state index contributed by atoms with van der Waals surface area (Å²) in [6.45, 7) is 3.60. The number of hydrogen-bond donors (Lipinski definition) is 1. The molecule has 0 bridgehead atoms. The normalized spacial score (nSPS) is 34.9. The molecule has 2 aliphatic rings. The van der Waals surface area contributed by atoms with Crippen LogP contribution in [0, 0.1) is 5.41 Å². The minimum atomic E-state index is -1.83. The third kappa shape index (κ3) is 3.40. The molecule has 1 N–H and O–H groups in total. The molecule has 0 radical (unpaired) electrons. The zero-order valence-corrected chi connectivity index (χ0v) is 14.0. The third-order valence-corrected chi connectivity index (χ3v) is 4.28. The summed E-state index contributed by atoms with van der Waals surface area (Å²) in [7, 11) is 1.50. The van der Waals surface area contributed by atoms with Crippen LogP contribution >= 0.6 is 34.8 Å². The lowest BCUT2D eigenvalue weighted by Crippen LogP contribution is -2.62. The van der Waals surface area contributed by atoms with Gasteiger partial charge in [-0.3, -0.25) is 0 Å². The van der Waals surface area contributed by atoms with Gasteiger partial charge >= 0.3 is 6.16 Å². The van der Waals surface area contributed by atoms with Gasteiger partial charge in [-0.15, -0.1) is 0 Å². The molecule has 1 unspecified atom stereocenters. The molecule has 6 nitrogen and oxygen atoms in total. The Morgan fingerprint density at radius 1 is 1.33 bits per heavy atom. The highest BCUT2D eigenvalue weighted by Crippen LogP contribution is 2.40. The number of halogens is 3. The summed E-state index contributed by atoms with van der Waals surface area (Å²) in [5.41, 5.74) is -0.895. The van der Waals surface area contributed by atoms with Crippen molar-refractivity contribution < 1.29 is 23.7 Å². The fourth-order valence-corrected chi connectivity index (χ4v) is 2.95. The highest BCUT2D eigenvalue weighted by molar-refractivity contribution is 6.76. The Kier molecular flexibility index (Phi) is 4.67. The maximum atomic E-state index is 11.4. The molecule has 2 aliphatic heterocycles. The van der Waals surface area contributed by atoms with Gasteiger partial charge in [-0.25, -0.2) is 4.79 Å². The van der Waals surface area contributed by atoms with E-state index in [1.165, 1.54) is 7.11 Å². The summed E-state index contributed by atoms with van der Waals surface area (Å²) in [5, 5.41) is 7.81. The van der Waals surface area contributed by atoms with Crippen molar-refractivity contribution >= 4 is 46.7 Å². The number of alkyl halides is 3. The van der Waals surface area contributed by atoms with E-state index >= 15 is 0 Å². The van der Waals surface area contributed by atoms with Gasteiger partial charge in [-0.2, -0.15) is 0 Å². The van der Waals surface area contributed by atoms with Crippen LogP contribution in [0.3, 0.4) is 0 Å². The predicted octanol–water partition coefficient (Wildman–Crippen LogP) is 2.86. The predicted molar refractivity (Wildman–Crippen MR) is 77.5 cm³/mol. The first kappa shape index (κ1) is 17.1. The van der Waals surface area contributed by atoms with Crippen LogP contribution in [-0.4, -0.2) is 52.8 Å². The molecule has 2 saturated heterocycles.